The number of hydrogen-bond donors (Lipinski definition) is 2. The van der Waals surface area contributed by atoms with E-state index in [1.807, 2.05) is 0 Å². The van der Waals surface area contributed by atoms with Gasteiger partial charge in [0.15, 0.2) is 11.6 Å². The summed E-state index contributed by atoms with van der Waals surface area (Å²) in [6.07, 6.45) is 30.2. The number of nitrogens with one attached hydrogen (secondary N) is 1. The summed E-state index contributed by atoms with van der Waals surface area (Å²) >= 11 is 0. The lowest BCUT2D eigenvalue weighted by Gasteiger charge is -2.18. The maximum absolute atomic E-state index is 12.7. The molecule has 2 N–H and O–H groups in total. The predicted molar refractivity (Wildman–Crippen MR) is 231 cm³/mol. The highest BCUT2D eigenvalue weighted by atomic mass is 31.2. The summed E-state index contributed by atoms with van der Waals surface area (Å²) in [5.41, 5.74) is 0.0973. The number of benzene rings is 1. The molecule has 0 aliphatic carbocycles. The average molecular weight is 871 g/mol. The number of nitro groups is 1. The Labute approximate surface area is 357 Å². The van der Waals surface area contributed by atoms with Gasteiger partial charge in [0.25, 0.3) is 0 Å². The SMILES string of the molecule is CCCCCCCCCCCCCCCC(=O)OCC(COOP(=O)(O)OCCNc1ccc([N+](=O)[O-])c2nonc12)OC(=O)CCCCCCCCCCCCCCC. The number of anilines is 1. The topological polar surface area (TPSA) is 212 Å². The van der Waals surface area contributed by atoms with Crippen LogP contribution in [0.1, 0.15) is 194 Å². The molecule has 2 atom stereocenters. The first-order valence-electron chi connectivity index (χ1n) is 22.9. The molecule has 0 spiro atoms. The first-order chi connectivity index (χ1) is 29.2. The number of phosphoric ester groups is 1. The molecule has 1 aromatic carbocycles. The molecular weight excluding hydrogens is 795 g/mol. The molecule has 0 amide bonds. The second kappa shape index (κ2) is 34.4. The van der Waals surface area contributed by atoms with Crippen LogP contribution in [0.25, 0.3) is 11.0 Å². The van der Waals surface area contributed by atoms with E-state index in [9.17, 15) is 29.2 Å². The van der Waals surface area contributed by atoms with Crippen molar-refractivity contribution >= 4 is 42.2 Å². The largest absolute Gasteiger partial charge is 0.499 e. The van der Waals surface area contributed by atoms with E-state index in [4.69, 9.17) is 18.9 Å². The first kappa shape index (κ1) is 53.0. The van der Waals surface area contributed by atoms with Gasteiger partial charge >= 0.3 is 25.4 Å². The number of nitrogens with zero attached hydrogens (tertiary/aromatic N) is 3. The van der Waals surface area contributed by atoms with Crippen LogP contribution in [-0.4, -0.2) is 64.5 Å². The number of unbranched alkanes of at least 4 members (excludes halogenated alkanes) is 24. The van der Waals surface area contributed by atoms with Crippen LogP contribution >= 0.6 is 7.82 Å². The quantitative estimate of drug-likeness (QED) is 0.0159. The Bertz CT molecular complexity index is 1480. The normalized spacial score (nSPS) is 13.0. The number of fused-ring (bicyclic) bond motifs is 1. The van der Waals surface area contributed by atoms with Crippen molar-refractivity contribution < 1.29 is 52.2 Å². The minimum atomic E-state index is -4.73. The number of esters is 2. The van der Waals surface area contributed by atoms with Crippen molar-refractivity contribution in [2.75, 3.05) is 31.7 Å². The van der Waals surface area contributed by atoms with Gasteiger partial charge in [0, 0.05) is 25.5 Å². The smallest absolute Gasteiger partial charge is 0.462 e. The highest BCUT2D eigenvalue weighted by molar-refractivity contribution is 7.47. The number of hydrogen-bond acceptors (Lipinski definition) is 14. The number of ether oxygens (including phenoxy) is 2. The molecule has 17 heteroatoms. The van der Waals surface area contributed by atoms with Gasteiger partial charge in [0.1, 0.15) is 13.2 Å². The minimum Gasteiger partial charge on any atom is -0.462 e. The maximum Gasteiger partial charge on any atom is 0.499 e. The Morgan fingerprint density at radius 2 is 1.18 bits per heavy atom. The second-order valence-corrected chi connectivity index (χ2v) is 17.1. The molecule has 0 bridgehead atoms. The Kier molecular flexibility index (Phi) is 30.4. The van der Waals surface area contributed by atoms with Crippen LogP contribution in [0.5, 0.6) is 0 Å². The second-order valence-electron chi connectivity index (χ2n) is 15.7. The monoisotopic (exact) mass is 871 g/mol. The third-order valence-corrected chi connectivity index (χ3v) is 11.2. The lowest BCUT2D eigenvalue weighted by atomic mass is 10.0. The molecule has 0 radical (unpaired) electrons. The predicted octanol–water partition coefficient (Wildman–Crippen LogP) is 12.0. The van der Waals surface area contributed by atoms with E-state index in [0.29, 0.717) is 18.5 Å². The van der Waals surface area contributed by atoms with E-state index >= 15 is 0 Å². The number of carbonyl (C=O) groups excluding carboxylic acids is 2. The summed E-state index contributed by atoms with van der Waals surface area (Å²) in [6, 6.07) is 2.62. The van der Waals surface area contributed by atoms with Crippen molar-refractivity contribution in [3.05, 3.63) is 22.2 Å². The Balaban J connectivity index is 1.70. The number of rotatable bonds is 41. The van der Waals surface area contributed by atoms with E-state index in [1.54, 1.807) is 0 Å². The minimum absolute atomic E-state index is 0.0255. The fraction of sp³-hybridized carbons (Fsp3) is 0.814. The Morgan fingerprint density at radius 3 is 1.68 bits per heavy atom. The van der Waals surface area contributed by atoms with Gasteiger partial charge < -0.3 is 19.7 Å². The molecule has 2 unspecified atom stereocenters. The van der Waals surface area contributed by atoms with Crippen LogP contribution in [-0.2, 0) is 37.7 Å². The van der Waals surface area contributed by atoms with Crippen LogP contribution < -0.4 is 5.32 Å². The molecule has 0 aliphatic rings. The third-order valence-electron chi connectivity index (χ3n) is 10.4. The lowest BCUT2D eigenvalue weighted by molar-refractivity contribution is -0.383. The summed E-state index contributed by atoms with van der Waals surface area (Å²) < 4.78 is 37.7. The maximum atomic E-state index is 12.7. The summed E-state index contributed by atoms with van der Waals surface area (Å²) in [7, 11) is -4.73. The average Bonchev–Trinajstić information content (AvgIpc) is 3.72. The summed E-state index contributed by atoms with van der Waals surface area (Å²) in [6.45, 7) is 3.32. The number of carbonyl (C=O) groups is 2. The summed E-state index contributed by atoms with van der Waals surface area (Å²) in [5.74, 6) is -0.914. The van der Waals surface area contributed by atoms with E-state index in [0.717, 1.165) is 38.5 Å². The molecular formula is C43H75N4O12P. The molecule has 60 heavy (non-hydrogen) atoms. The van der Waals surface area contributed by atoms with E-state index in [-0.39, 0.29) is 49.3 Å². The number of nitro benzene ring substituents is 1. The molecule has 0 fully saturated rings. The molecule has 0 saturated carbocycles. The van der Waals surface area contributed by atoms with Crippen molar-refractivity contribution in [1.29, 1.82) is 0 Å². The van der Waals surface area contributed by atoms with Gasteiger partial charge in [-0.15, -0.1) is 4.67 Å². The molecule has 1 aromatic heterocycles. The van der Waals surface area contributed by atoms with Gasteiger partial charge in [0.2, 0.25) is 5.52 Å². The standard InChI is InChI=1S/C43H75N4O12P/c1-3-5-7-9-11-13-15-17-19-21-23-25-27-29-40(48)54-35-37(57-41(49)30-28-26-24-22-20-18-16-14-12-10-8-6-4-2)36-55-59-60(52,53)56-34-33-44-38-31-32-39(47(50)51)43-42(38)45-58-46-43/h31-32,37,44H,3-30,33-36H2,1-2H3,(H,52,53). The van der Waals surface area contributed by atoms with Crippen LogP contribution in [0.4, 0.5) is 11.4 Å². The molecule has 2 aromatic rings. The summed E-state index contributed by atoms with van der Waals surface area (Å²) in [5, 5.41) is 21.3. The number of aromatic nitrogens is 2. The van der Waals surface area contributed by atoms with Gasteiger partial charge in [-0.25, -0.2) is 14.1 Å². The zero-order chi connectivity index (χ0) is 43.5. The zero-order valence-electron chi connectivity index (χ0n) is 36.6. The molecule has 1 heterocycles. The van der Waals surface area contributed by atoms with Crippen molar-refractivity contribution in [3.63, 3.8) is 0 Å². The fourth-order valence-electron chi connectivity index (χ4n) is 6.88. The Hall–Kier alpha value is -3.17. The van der Waals surface area contributed by atoms with Gasteiger partial charge in [-0.1, -0.05) is 168 Å². The van der Waals surface area contributed by atoms with Crippen molar-refractivity contribution in [3.8, 4) is 0 Å². The number of phosphoric acid groups is 1. The van der Waals surface area contributed by atoms with Gasteiger partial charge in [-0.2, -0.15) is 0 Å². The first-order valence-corrected chi connectivity index (χ1v) is 24.4. The Morgan fingerprint density at radius 1 is 0.717 bits per heavy atom. The molecule has 0 aliphatic heterocycles. The third kappa shape index (κ3) is 26.2. The number of non-ortho nitro benzene ring substituents is 1. The van der Waals surface area contributed by atoms with Gasteiger partial charge in [-0.05, 0) is 29.2 Å². The molecule has 2 rings (SSSR count). The lowest BCUT2D eigenvalue weighted by Crippen LogP contribution is -2.29. The highest BCUT2D eigenvalue weighted by Crippen LogP contribution is 2.43. The molecule has 16 nitrogen and oxygen atoms in total. The van der Waals surface area contributed by atoms with Gasteiger partial charge in [0.05, 0.1) is 17.2 Å². The molecule has 344 valence electrons. The summed E-state index contributed by atoms with van der Waals surface area (Å²) in [4.78, 5) is 51.0. The van der Waals surface area contributed by atoms with E-state index < -0.39 is 37.4 Å². The van der Waals surface area contributed by atoms with Crippen molar-refractivity contribution in [2.45, 2.75) is 200 Å². The van der Waals surface area contributed by atoms with Gasteiger partial charge in [-0.3, -0.25) is 24.2 Å². The van der Waals surface area contributed by atoms with Crippen LogP contribution in [0.15, 0.2) is 16.8 Å². The van der Waals surface area contributed by atoms with Crippen molar-refractivity contribution in [1.82, 2.24) is 10.3 Å². The fourth-order valence-corrected chi connectivity index (χ4v) is 7.44. The van der Waals surface area contributed by atoms with E-state index in [2.05, 4.69) is 38.8 Å². The van der Waals surface area contributed by atoms with Crippen LogP contribution in [0.3, 0.4) is 0 Å². The highest BCUT2D eigenvalue weighted by Gasteiger charge is 2.26. The van der Waals surface area contributed by atoms with E-state index in [1.165, 1.54) is 128 Å². The van der Waals surface area contributed by atoms with Crippen molar-refractivity contribution in [2.24, 2.45) is 0 Å². The molecule has 0 saturated heterocycles. The van der Waals surface area contributed by atoms with Crippen LogP contribution in [0.2, 0.25) is 0 Å². The zero-order valence-corrected chi connectivity index (χ0v) is 37.5. The van der Waals surface area contributed by atoms with Crippen LogP contribution in [0, 0.1) is 10.1 Å².